The molecule has 88 valence electrons. The number of thioether (sulfide) groups is 1. The van der Waals surface area contributed by atoms with Crippen LogP contribution in [0.5, 0.6) is 0 Å². The molecular formula is C13H15N3S. The molecule has 1 atom stereocenters. The van der Waals surface area contributed by atoms with E-state index in [1.165, 1.54) is 12.8 Å². The first-order chi connectivity index (χ1) is 8.31. The lowest BCUT2D eigenvalue weighted by Crippen LogP contribution is -2.07. The Hall–Kier alpha value is -1.47. The van der Waals surface area contributed by atoms with Gasteiger partial charge in [-0.1, -0.05) is 25.1 Å². The highest BCUT2D eigenvalue weighted by Gasteiger charge is 2.18. The lowest BCUT2D eigenvalue weighted by Gasteiger charge is -2.07. The van der Waals surface area contributed by atoms with Crippen LogP contribution in [-0.4, -0.2) is 17.0 Å². The molecule has 4 heteroatoms. The Bertz CT molecular complexity index is 445. The van der Waals surface area contributed by atoms with Gasteiger partial charge in [-0.15, -0.1) is 0 Å². The van der Waals surface area contributed by atoms with Crippen LogP contribution in [0.15, 0.2) is 29.3 Å². The van der Waals surface area contributed by atoms with Gasteiger partial charge in [-0.25, -0.2) is 0 Å². The number of aliphatic imine (C=N–C) groups is 1. The van der Waals surface area contributed by atoms with Crippen LogP contribution in [-0.2, 0) is 0 Å². The number of hydrogen-bond donors (Lipinski definition) is 1. The fraction of sp³-hybridized carbons (Fsp3) is 0.385. The summed E-state index contributed by atoms with van der Waals surface area (Å²) in [5.41, 5.74) is 1.67. The average molecular weight is 245 g/mol. The van der Waals surface area contributed by atoms with Gasteiger partial charge in [0.1, 0.15) is 0 Å². The molecule has 1 aliphatic rings. The summed E-state index contributed by atoms with van der Waals surface area (Å²) in [6.45, 7) is 3.11. The van der Waals surface area contributed by atoms with Crippen molar-refractivity contribution in [3.05, 3.63) is 29.8 Å². The number of rotatable bonds is 3. The third-order valence-corrected chi connectivity index (χ3v) is 3.77. The van der Waals surface area contributed by atoms with Gasteiger partial charge in [0.15, 0.2) is 5.17 Å². The first-order valence-electron chi connectivity index (χ1n) is 5.80. The second-order valence-corrected chi connectivity index (χ2v) is 5.28. The largest absolute Gasteiger partial charge is 0.335 e. The van der Waals surface area contributed by atoms with Gasteiger partial charge >= 0.3 is 0 Å². The molecule has 2 rings (SSSR count). The molecular weight excluding hydrogens is 230 g/mol. The van der Waals surface area contributed by atoms with Gasteiger partial charge in [0.25, 0.3) is 0 Å². The summed E-state index contributed by atoms with van der Waals surface area (Å²) in [6.07, 6.45) is 2.42. The van der Waals surface area contributed by atoms with Crippen molar-refractivity contribution in [3.8, 4) is 6.07 Å². The van der Waals surface area contributed by atoms with E-state index in [1.807, 2.05) is 36.0 Å². The molecule has 1 N–H and O–H groups in total. The molecule has 0 aliphatic carbocycles. The quantitative estimate of drug-likeness (QED) is 0.889. The number of anilines is 1. The van der Waals surface area contributed by atoms with E-state index < -0.39 is 0 Å². The Labute approximate surface area is 106 Å². The molecule has 0 bridgehead atoms. The Kier molecular flexibility index (Phi) is 4.05. The first-order valence-corrected chi connectivity index (χ1v) is 6.68. The van der Waals surface area contributed by atoms with Crippen molar-refractivity contribution >= 4 is 22.6 Å². The van der Waals surface area contributed by atoms with Crippen molar-refractivity contribution in [2.75, 3.05) is 11.9 Å². The fourth-order valence-electron chi connectivity index (χ4n) is 1.71. The Morgan fingerprint density at radius 2 is 2.24 bits per heavy atom. The molecule has 1 aromatic carbocycles. The zero-order valence-electron chi connectivity index (χ0n) is 9.81. The van der Waals surface area contributed by atoms with Crippen molar-refractivity contribution in [2.45, 2.75) is 25.0 Å². The average Bonchev–Trinajstić information content (AvgIpc) is 2.78. The zero-order chi connectivity index (χ0) is 12.1. The van der Waals surface area contributed by atoms with Crippen molar-refractivity contribution < 1.29 is 0 Å². The van der Waals surface area contributed by atoms with E-state index in [0.29, 0.717) is 10.8 Å². The Morgan fingerprint density at radius 1 is 1.47 bits per heavy atom. The normalized spacial score (nSPS) is 18.6. The van der Waals surface area contributed by atoms with Crippen LogP contribution in [0.25, 0.3) is 0 Å². The predicted molar refractivity (Wildman–Crippen MR) is 73.4 cm³/mol. The van der Waals surface area contributed by atoms with E-state index in [1.54, 1.807) is 0 Å². The summed E-state index contributed by atoms with van der Waals surface area (Å²) >= 11 is 1.81. The topological polar surface area (TPSA) is 48.2 Å². The Morgan fingerprint density at radius 3 is 2.88 bits per heavy atom. The van der Waals surface area contributed by atoms with Gasteiger partial charge in [-0.3, -0.25) is 4.99 Å². The highest BCUT2D eigenvalue weighted by molar-refractivity contribution is 8.15. The smallest absolute Gasteiger partial charge is 0.161 e. The second kappa shape index (κ2) is 5.74. The van der Waals surface area contributed by atoms with E-state index in [4.69, 9.17) is 5.26 Å². The van der Waals surface area contributed by atoms with E-state index in [-0.39, 0.29) is 0 Å². The molecule has 0 saturated heterocycles. The number of benzene rings is 1. The van der Waals surface area contributed by atoms with E-state index >= 15 is 0 Å². The minimum atomic E-state index is 0.626. The summed E-state index contributed by atoms with van der Waals surface area (Å²) in [4.78, 5) is 4.48. The van der Waals surface area contributed by atoms with Gasteiger partial charge < -0.3 is 5.32 Å². The maximum Gasteiger partial charge on any atom is 0.161 e. The maximum atomic E-state index is 8.71. The predicted octanol–water partition coefficient (Wildman–Crippen LogP) is 3.24. The monoisotopic (exact) mass is 245 g/mol. The molecule has 0 spiro atoms. The number of nitrogens with zero attached hydrogens (tertiary/aromatic N) is 2. The highest BCUT2D eigenvalue weighted by atomic mass is 32.2. The maximum absolute atomic E-state index is 8.71. The molecule has 0 saturated carbocycles. The van der Waals surface area contributed by atoms with Crippen LogP contribution in [0, 0.1) is 11.3 Å². The molecule has 3 nitrogen and oxygen atoms in total. The minimum absolute atomic E-state index is 0.626. The number of nitriles is 1. The molecule has 0 radical (unpaired) electrons. The molecule has 0 amide bonds. The molecule has 17 heavy (non-hydrogen) atoms. The van der Waals surface area contributed by atoms with Crippen LogP contribution < -0.4 is 5.32 Å². The highest BCUT2D eigenvalue weighted by Crippen LogP contribution is 2.25. The molecule has 0 aromatic heterocycles. The summed E-state index contributed by atoms with van der Waals surface area (Å²) in [5, 5.41) is 13.6. The van der Waals surface area contributed by atoms with Crippen LogP contribution >= 0.6 is 11.8 Å². The molecule has 1 aromatic rings. The minimum Gasteiger partial charge on any atom is -0.335 e. The SMILES string of the molecule is CCCC1CN=C(Nc2ccc(C#N)cc2)S1. The molecule has 1 heterocycles. The van der Waals surface area contributed by atoms with E-state index in [2.05, 4.69) is 23.3 Å². The first kappa shape index (κ1) is 12.0. The molecule has 1 unspecified atom stereocenters. The zero-order valence-corrected chi connectivity index (χ0v) is 10.6. The van der Waals surface area contributed by atoms with Crippen molar-refractivity contribution in [3.63, 3.8) is 0 Å². The van der Waals surface area contributed by atoms with Crippen molar-refractivity contribution in [1.82, 2.24) is 0 Å². The lowest BCUT2D eigenvalue weighted by molar-refractivity contribution is 0.754. The summed E-state index contributed by atoms with van der Waals surface area (Å²) in [7, 11) is 0. The summed E-state index contributed by atoms with van der Waals surface area (Å²) in [6, 6.07) is 9.55. The van der Waals surface area contributed by atoms with Gasteiger partial charge in [-0.2, -0.15) is 5.26 Å². The molecule has 1 aliphatic heterocycles. The van der Waals surface area contributed by atoms with Gasteiger partial charge in [0, 0.05) is 10.9 Å². The van der Waals surface area contributed by atoms with Crippen molar-refractivity contribution in [2.24, 2.45) is 4.99 Å². The van der Waals surface area contributed by atoms with Gasteiger partial charge in [0.2, 0.25) is 0 Å². The number of amidine groups is 1. The number of nitrogens with one attached hydrogen (secondary N) is 1. The second-order valence-electron chi connectivity index (χ2n) is 3.99. The van der Waals surface area contributed by atoms with Gasteiger partial charge in [-0.05, 0) is 30.7 Å². The van der Waals surface area contributed by atoms with Crippen LogP contribution in [0.2, 0.25) is 0 Å². The van der Waals surface area contributed by atoms with Crippen LogP contribution in [0.4, 0.5) is 5.69 Å². The van der Waals surface area contributed by atoms with E-state index in [0.717, 1.165) is 17.4 Å². The molecule has 0 fully saturated rings. The number of hydrogen-bond acceptors (Lipinski definition) is 4. The summed E-state index contributed by atoms with van der Waals surface area (Å²) < 4.78 is 0. The Balaban J connectivity index is 1.91. The van der Waals surface area contributed by atoms with E-state index in [9.17, 15) is 0 Å². The summed E-state index contributed by atoms with van der Waals surface area (Å²) in [5.74, 6) is 0. The standard InChI is InChI=1S/C13H15N3S/c1-2-3-12-9-15-13(17-12)16-11-6-4-10(8-14)5-7-11/h4-7,12H,2-3,9H2,1H3,(H,15,16). The van der Waals surface area contributed by atoms with Crippen LogP contribution in [0.1, 0.15) is 25.3 Å². The van der Waals surface area contributed by atoms with Crippen LogP contribution in [0.3, 0.4) is 0 Å². The van der Waals surface area contributed by atoms with Crippen molar-refractivity contribution in [1.29, 1.82) is 5.26 Å². The third kappa shape index (κ3) is 3.24. The lowest BCUT2D eigenvalue weighted by atomic mass is 10.2. The fourth-order valence-corrected chi connectivity index (χ4v) is 2.85. The van der Waals surface area contributed by atoms with Gasteiger partial charge in [0.05, 0.1) is 18.2 Å². The third-order valence-electron chi connectivity index (χ3n) is 2.59.